The third-order valence-electron chi connectivity index (χ3n) is 9.12. The molecule has 2 N–H and O–H groups in total. The minimum absolute atomic E-state index is 0. The number of hydrogen-bond acceptors (Lipinski definition) is 10. The number of allylic oxidation sites excluding steroid dienone is 4. The summed E-state index contributed by atoms with van der Waals surface area (Å²) in [4.78, 5) is 62.4. The summed E-state index contributed by atoms with van der Waals surface area (Å²) in [5.74, 6) is -4.81. The Morgan fingerprint density at radius 2 is 0.840 bits per heavy atom. The van der Waals surface area contributed by atoms with Gasteiger partial charge in [-0.2, -0.15) is 0 Å². The van der Waals surface area contributed by atoms with Crippen LogP contribution in [0.5, 0.6) is 0 Å². The van der Waals surface area contributed by atoms with Crippen LogP contribution in [-0.4, -0.2) is 43.8 Å². The Bertz CT molecular complexity index is 2110. The summed E-state index contributed by atoms with van der Waals surface area (Å²) in [5.41, 5.74) is 10.5. The van der Waals surface area contributed by atoms with Crippen molar-refractivity contribution in [2.75, 3.05) is 0 Å². The summed E-state index contributed by atoms with van der Waals surface area (Å²) in [6, 6.07) is 7.20. The number of aromatic amines is 2. The van der Waals surface area contributed by atoms with Gasteiger partial charge in [0, 0.05) is 45.9 Å². The zero-order valence-electron chi connectivity index (χ0n) is 27.8. The monoisotopic (exact) mass is 862 g/mol. The first-order valence-corrected chi connectivity index (χ1v) is 15.7. The van der Waals surface area contributed by atoms with Crippen molar-refractivity contribution in [1.29, 1.82) is 0 Å². The number of carboxylic acids is 4. The van der Waals surface area contributed by atoms with E-state index in [0.717, 1.165) is 33.4 Å². The summed E-state index contributed by atoms with van der Waals surface area (Å²) < 4.78 is 0. The molecule has 50 heavy (non-hydrogen) atoms. The van der Waals surface area contributed by atoms with E-state index in [1.807, 2.05) is 33.8 Å². The number of nitrogens with one attached hydrogen (secondary N) is 2. The molecule has 2 aliphatic heterocycles. The second kappa shape index (κ2) is 16.7. The van der Waals surface area contributed by atoms with Crippen molar-refractivity contribution in [2.45, 2.75) is 79.1 Å². The maximum absolute atomic E-state index is 11.5. The molecular weight excluding hydrogens is 829 g/mol. The molecule has 14 heteroatoms. The standard InChI is InChI=1S/C36H38N4O8.2Pd/c1-17-21(5-9-33(41)42)29-14-26-19(3)23(7-11-35(45)46)31(39-26)16-28-20(4)24(8-12-36(47)48)32(40-28)15-27-18(2)22(6-10-34(43)44)30(38-27)13-25(17)37-29;;/h13-16,37-38H,5-12H2,1-4H3,(H,41,42)(H,43,44)(H,45,46)(H,47,48);;/q;2*+2/p-4. The molecule has 3 aromatic rings. The van der Waals surface area contributed by atoms with Crippen molar-refractivity contribution in [3.63, 3.8) is 0 Å². The minimum atomic E-state index is -1.21. The fourth-order valence-corrected chi connectivity index (χ4v) is 6.40. The average Bonchev–Trinajstić information content (AvgIpc) is 3.66. The van der Waals surface area contributed by atoms with E-state index < -0.39 is 23.9 Å². The van der Waals surface area contributed by atoms with Crippen molar-refractivity contribution in [2.24, 2.45) is 0 Å². The van der Waals surface area contributed by atoms with Gasteiger partial charge in [-0.05, 0) is 148 Å². The van der Waals surface area contributed by atoms with E-state index in [0.29, 0.717) is 56.0 Å². The number of aryl methyl sites for hydroxylation is 4. The van der Waals surface area contributed by atoms with Gasteiger partial charge in [-0.25, -0.2) is 9.97 Å². The van der Waals surface area contributed by atoms with Gasteiger partial charge in [-0.15, -0.1) is 0 Å². The predicted octanol–water partition coefficient (Wildman–Crippen LogP) is 1.21. The van der Waals surface area contributed by atoms with Crippen LogP contribution in [0.15, 0.2) is 24.3 Å². The van der Waals surface area contributed by atoms with Gasteiger partial charge >= 0.3 is 40.8 Å². The van der Waals surface area contributed by atoms with Gasteiger partial charge in [-0.1, -0.05) is 0 Å². The van der Waals surface area contributed by atoms with Crippen LogP contribution < -0.4 is 20.4 Å². The Balaban J connectivity index is 0.00000338. The Morgan fingerprint density at radius 3 is 1.28 bits per heavy atom. The number of carbonyl (C=O) groups excluding carboxylic acids is 4. The maximum Gasteiger partial charge on any atom is 2.00 e. The molecule has 0 atom stereocenters. The van der Waals surface area contributed by atoms with Crippen LogP contribution in [0.3, 0.4) is 0 Å². The molecular formula is C36H34N4O8Pd2. The minimum Gasteiger partial charge on any atom is -0.550 e. The van der Waals surface area contributed by atoms with Crippen LogP contribution in [0.25, 0.3) is 44.4 Å². The molecule has 0 saturated heterocycles. The number of rotatable bonds is 12. The molecule has 0 saturated carbocycles. The van der Waals surface area contributed by atoms with E-state index in [1.54, 1.807) is 18.2 Å². The summed E-state index contributed by atoms with van der Waals surface area (Å²) in [6.45, 7) is 7.38. The first-order chi connectivity index (χ1) is 22.7. The molecule has 5 heterocycles. The van der Waals surface area contributed by atoms with Crippen molar-refractivity contribution in [3.05, 3.63) is 69.3 Å². The number of H-pyrrole nitrogens is 2. The summed E-state index contributed by atoms with van der Waals surface area (Å²) in [5, 5.41) is 45.9. The van der Waals surface area contributed by atoms with Gasteiger partial charge in [0.2, 0.25) is 0 Å². The van der Waals surface area contributed by atoms with Crippen LogP contribution in [-0.2, 0) is 72.9 Å². The summed E-state index contributed by atoms with van der Waals surface area (Å²) >= 11 is 0. The van der Waals surface area contributed by atoms with E-state index in [-0.39, 0.29) is 92.2 Å². The number of carbonyl (C=O) groups is 4. The third-order valence-corrected chi connectivity index (χ3v) is 9.12. The molecule has 266 valence electrons. The number of nitrogens with zero attached hydrogens (tertiary/aromatic N) is 2. The van der Waals surface area contributed by atoms with E-state index >= 15 is 0 Å². The van der Waals surface area contributed by atoms with Crippen LogP contribution in [0.2, 0.25) is 0 Å². The van der Waals surface area contributed by atoms with Crippen molar-refractivity contribution < 1.29 is 80.4 Å². The van der Waals surface area contributed by atoms with Crippen LogP contribution >= 0.6 is 0 Å². The van der Waals surface area contributed by atoms with E-state index in [1.165, 1.54) is 0 Å². The van der Waals surface area contributed by atoms with Crippen LogP contribution in [0, 0.1) is 13.8 Å². The number of hydrogen-bond donors (Lipinski definition) is 2. The first kappa shape index (κ1) is 40.2. The SMILES string of the molecule is CC1=C(CCC(=O)[O-])c2cc3nc(cc4[nH]c(cc5[nH]c(cc1n2)c(CCC(=O)[O-])c5C)c(CCC(=O)[O-])c4C)C(CCC(=O)[O-])=C3C.[Pd+2].[Pd+2]. The van der Waals surface area contributed by atoms with Crippen molar-refractivity contribution in [3.8, 4) is 0 Å². The Labute approximate surface area is 315 Å². The molecule has 5 rings (SSSR count). The van der Waals surface area contributed by atoms with Gasteiger partial charge < -0.3 is 49.6 Å². The number of aromatic nitrogens is 4. The van der Waals surface area contributed by atoms with Gasteiger partial charge in [0.15, 0.2) is 0 Å². The van der Waals surface area contributed by atoms with Crippen molar-refractivity contribution in [1.82, 2.24) is 19.9 Å². The summed E-state index contributed by atoms with van der Waals surface area (Å²) in [7, 11) is 0. The Hall–Kier alpha value is -4.20. The quantitative estimate of drug-likeness (QED) is 0.248. The predicted molar refractivity (Wildman–Crippen MR) is 171 cm³/mol. The largest absolute Gasteiger partial charge is 2.00 e. The number of fused-ring (bicyclic) bond motifs is 8. The third kappa shape index (κ3) is 8.74. The molecule has 12 nitrogen and oxygen atoms in total. The van der Waals surface area contributed by atoms with E-state index in [4.69, 9.17) is 9.97 Å². The Morgan fingerprint density at radius 1 is 0.500 bits per heavy atom. The molecule has 0 fully saturated rings. The smallest absolute Gasteiger partial charge is 0.550 e. The van der Waals surface area contributed by atoms with E-state index in [2.05, 4.69) is 9.97 Å². The van der Waals surface area contributed by atoms with Crippen LogP contribution in [0.4, 0.5) is 0 Å². The van der Waals surface area contributed by atoms with Gasteiger partial charge in [0.05, 0.1) is 22.8 Å². The topological polar surface area (TPSA) is 218 Å². The number of carboxylic acid groups (broad SMARTS) is 4. The van der Waals surface area contributed by atoms with Gasteiger partial charge in [0.25, 0.3) is 0 Å². The molecule has 0 amide bonds. The molecule has 8 bridgehead atoms. The fourth-order valence-electron chi connectivity index (χ4n) is 6.40. The zero-order valence-corrected chi connectivity index (χ0v) is 30.9. The normalized spacial score (nSPS) is 12.4. The second-order valence-electron chi connectivity index (χ2n) is 12.1. The van der Waals surface area contributed by atoms with Gasteiger partial charge in [0.1, 0.15) is 0 Å². The number of aliphatic carboxylic acids is 4. The Kier molecular flexibility index (Phi) is 13.4. The molecule has 3 aromatic heterocycles. The second-order valence-corrected chi connectivity index (χ2v) is 12.1. The van der Waals surface area contributed by atoms with Gasteiger partial charge in [-0.3, -0.25) is 0 Å². The molecule has 0 radical (unpaired) electrons. The van der Waals surface area contributed by atoms with E-state index in [9.17, 15) is 39.6 Å². The van der Waals surface area contributed by atoms with Crippen LogP contribution in [0.1, 0.15) is 97.4 Å². The first-order valence-electron chi connectivity index (χ1n) is 15.7. The molecule has 0 aromatic carbocycles. The molecule has 0 aliphatic carbocycles. The summed E-state index contributed by atoms with van der Waals surface area (Å²) in [6.07, 6.45) is -0.243. The molecule has 0 spiro atoms. The maximum atomic E-state index is 11.5. The van der Waals surface area contributed by atoms with Crippen molar-refractivity contribution >= 4 is 68.2 Å². The molecule has 2 aliphatic rings. The average molecular weight is 864 g/mol. The molecule has 0 unspecified atom stereocenters. The fraction of sp³-hybridized carbons (Fsp3) is 0.333. The zero-order chi connectivity index (χ0) is 34.9.